The van der Waals surface area contributed by atoms with E-state index in [9.17, 15) is 18.0 Å². The Hall–Kier alpha value is -3.69. The van der Waals surface area contributed by atoms with Crippen LogP contribution < -0.4 is 11.1 Å². The Kier molecular flexibility index (Phi) is 5.45. The summed E-state index contributed by atoms with van der Waals surface area (Å²) in [5, 5.41) is 4.24. The third-order valence-corrected chi connectivity index (χ3v) is 5.14. The van der Waals surface area contributed by atoms with E-state index in [1.807, 2.05) is 13.8 Å². The Labute approximate surface area is 181 Å². The molecule has 0 spiro atoms. The van der Waals surface area contributed by atoms with Crippen LogP contribution in [0.1, 0.15) is 25.8 Å². The van der Waals surface area contributed by atoms with Crippen molar-refractivity contribution in [2.45, 2.75) is 32.5 Å². The molecule has 0 unspecified atom stereocenters. The number of anilines is 1. The van der Waals surface area contributed by atoms with E-state index in [0.29, 0.717) is 39.4 Å². The number of H-pyrrole nitrogens is 1. The highest BCUT2D eigenvalue weighted by Gasteiger charge is 2.30. The first-order valence-corrected chi connectivity index (χ1v) is 9.99. The van der Waals surface area contributed by atoms with Gasteiger partial charge in [0.2, 0.25) is 11.9 Å². The number of pyridine rings is 1. The van der Waals surface area contributed by atoms with Crippen molar-refractivity contribution >= 4 is 33.7 Å². The number of amides is 1. The number of aromatic nitrogens is 4. The summed E-state index contributed by atoms with van der Waals surface area (Å²) in [6.45, 7) is 3.95. The lowest BCUT2D eigenvalue weighted by molar-refractivity contribution is -0.137. The first kappa shape index (κ1) is 21.5. The maximum absolute atomic E-state index is 13.1. The quantitative estimate of drug-likeness (QED) is 0.407. The minimum Gasteiger partial charge on any atom is -0.368 e. The molecule has 10 heteroatoms. The molecule has 0 aliphatic carbocycles. The van der Waals surface area contributed by atoms with Crippen LogP contribution in [0.5, 0.6) is 0 Å². The summed E-state index contributed by atoms with van der Waals surface area (Å²) in [5.41, 5.74) is 6.96. The van der Waals surface area contributed by atoms with Gasteiger partial charge in [-0.15, -0.1) is 0 Å². The van der Waals surface area contributed by atoms with Crippen molar-refractivity contribution < 1.29 is 18.0 Å². The standard InChI is InChI=1S/C22H21F3N6O/c1-11(2)5-18(20(26)32)30-21-29-8-12-7-27-9-16(19(12)31-21)15-10-28-17-6-13(22(23,24)25)3-4-14(15)17/h3-4,6-11,18,28H,5H2,1-2H3,(H2,26,32)(H,29,30,31)/t18-/m1/s1. The van der Waals surface area contributed by atoms with Crippen LogP contribution in [-0.2, 0) is 11.0 Å². The molecule has 0 saturated heterocycles. The Morgan fingerprint density at radius 2 is 1.97 bits per heavy atom. The maximum atomic E-state index is 13.1. The zero-order valence-electron chi connectivity index (χ0n) is 17.4. The second-order valence-electron chi connectivity index (χ2n) is 8.01. The Morgan fingerprint density at radius 1 is 1.19 bits per heavy atom. The number of alkyl halides is 3. The van der Waals surface area contributed by atoms with Crippen LogP contribution in [0.15, 0.2) is 43.0 Å². The molecule has 0 aliphatic heterocycles. The number of nitrogens with two attached hydrogens (primary N) is 1. The summed E-state index contributed by atoms with van der Waals surface area (Å²) in [6.07, 6.45) is 2.48. The molecule has 7 nitrogen and oxygen atoms in total. The van der Waals surface area contributed by atoms with E-state index in [-0.39, 0.29) is 11.9 Å². The first-order valence-electron chi connectivity index (χ1n) is 9.99. The highest BCUT2D eigenvalue weighted by atomic mass is 19.4. The third-order valence-electron chi connectivity index (χ3n) is 5.14. The van der Waals surface area contributed by atoms with Crippen LogP contribution in [0, 0.1) is 5.92 Å². The van der Waals surface area contributed by atoms with Gasteiger partial charge in [0.15, 0.2) is 0 Å². The molecular weight excluding hydrogens is 421 g/mol. The monoisotopic (exact) mass is 442 g/mol. The van der Waals surface area contributed by atoms with Gasteiger partial charge < -0.3 is 16.0 Å². The number of aromatic amines is 1. The maximum Gasteiger partial charge on any atom is 0.416 e. The molecule has 3 aromatic heterocycles. The summed E-state index contributed by atoms with van der Waals surface area (Å²) in [7, 11) is 0. The zero-order valence-corrected chi connectivity index (χ0v) is 17.4. The fraction of sp³-hybridized carbons (Fsp3) is 0.273. The number of primary amides is 1. The smallest absolute Gasteiger partial charge is 0.368 e. The number of carbonyl (C=O) groups excluding carboxylic acids is 1. The highest BCUT2D eigenvalue weighted by molar-refractivity contribution is 6.03. The zero-order chi connectivity index (χ0) is 23.0. The summed E-state index contributed by atoms with van der Waals surface area (Å²) in [4.78, 5) is 27.7. The number of hydrogen-bond acceptors (Lipinski definition) is 5. The van der Waals surface area contributed by atoms with Crippen LogP contribution in [0.3, 0.4) is 0 Å². The number of fused-ring (bicyclic) bond motifs is 2. The van der Waals surface area contributed by atoms with E-state index >= 15 is 0 Å². The Morgan fingerprint density at radius 3 is 2.66 bits per heavy atom. The van der Waals surface area contributed by atoms with Crippen molar-refractivity contribution in [3.63, 3.8) is 0 Å². The molecule has 3 heterocycles. The van der Waals surface area contributed by atoms with E-state index in [1.54, 1.807) is 24.8 Å². The number of nitrogens with one attached hydrogen (secondary N) is 2. The predicted octanol–water partition coefficient (Wildman–Crippen LogP) is 4.50. The van der Waals surface area contributed by atoms with E-state index in [0.717, 1.165) is 12.1 Å². The summed E-state index contributed by atoms with van der Waals surface area (Å²) in [5.74, 6) is -0.0453. The molecule has 4 N–H and O–H groups in total. The minimum atomic E-state index is -4.43. The Bertz CT molecular complexity index is 1300. The third kappa shape index (κ3) is 4.20. The van der Waals surface area contributed by atoms with Gasteiger partial charge in [-0.3, -0.25) is 9.78 Å². The molecular formula is C22H21F3N6O. The fourth-order valence-electron chi connectivity index (χ4n) is 3.62. The summed E-state index contributed by atoms with van der Waals surface area (Å²) in [6, 6.07) is 2.91. The summed E-state index contributed by atoms with van der Waals surface area (Å²) < 4.78 is 39.2. The van der Waals surface area contributed by atoms with Crippen molar-refractivity contribution in [1.29, 1.82) is 0 Å². The first-order chi connectivity index (χ1) is 15.1. The van der Waals surface area contributed by atoms with Gasteiger partial charge in [-0.1, -0.05) is 19.9 Å². The van der Waals surface area contributed by atoms with Gasteiger partial charge in [0.25, 0.3) is 0 Å². The van der Waals surface area contributed by atoms with Gasteiger partial charge >= 0.3 is 6.18 Å². The Balaban J connectivity index is 1.78. The molecule has 0 fully saturated rings. The number of halogens is 3. The molecule has 0 aliphatic rings. The van der Waals surface area contributed by atoms with E-state index in [1.165, 1.54) is 6.07 Å². The molecule has 0 bridgehead atoms. The molecule has 4 aromatic rings. The van der Waals surface area contributed by atoms with Gasteiger partial charge in [-0.05, 0) is 24.5 Å². The molecule has 4 rings (SSSR count). The van der Waals surface area contributed by atoms with Crippen molar-refractivity contribution in [3.05, 3.63) is 48.5 Å². The van der Waals surface area contributed by atoms with Gasteiger partial charge in [0.05, 0.1) is 11.1 Å². The fourth-order valence-corrected chi connectivity index (χ4v) is 3.62. The van der Waals surface area contributed by atoms with Crippen LogP contribution in [-0.4, -0.2) is 31.9 Å². The van der Waals surface area contributed by atoms with Crippen LogP contribution >= 0.6 is 0 Å². The number of hydrogen-bond donors (Lipinski definition) is 3. The lowest BCUT2D eigenvalue weighted by Crippen LogP contribution is -2.37. The van der Waals surface area contributed by atoms with Gasteiger partial charge in [0, 0.05) is 52.2 Å². The van der Waals surface area contributed by atoms with Crippen molar-refractivity contribution in [2.75, 3.05) is 5.32 Å². The average Bonchev–Trinajstić information content (AvgIpc) is 3.15. The predicted molar refractivity (Wildman–Crippen MR) is 116 cm³/mol. The van der Waals surface area contributed by atoms with Crippen molar-refractivity contribution in [3.8, 4) is 11.1 Å². The molecule has 1 aromatic carbocycles. The van der Waals surface area contributed by atoms with E-state index < -0.39 is 23.7 Å². The van der Waals surface area contributed by atoms with E-state index in [4.69, 9.17) is 5.73 Å². The highest BCUT2D eigenvalue weighted by Crippen LogP contribution is 2.36. The van der Waals surface area contributed by atoms with Crippen molar-refractivity contribution in [2.24, 2.45) is 11.7 Å². The van der Waals surface area contributed by atoms with Gasteiger partial charge in [-0.25, -0.2) is 9.97 Å². The van der Waals surface area contributed by atoms with Crippen LogP contribution in [0.25, 0.3) is 32.9 Å². The van der Waals surface area contributed by atoms with Crippen LogP contribution in [0.4, 0.5) is 19.1 Å². The number of benzene rings is 1. The molecule has 0 saturated carbocycles. The van der Waals surface area contributed by atoms with Crippen LogP contribution in [0.2, 0.25) is 0 Å². The van der Waals surface area contributed by atoms with E-state index in [2.05, 4.69) is 25.3 Å². The molecule has 32 heavy (non-hydrogen) atoms. The minimum absolute atomic E-state index is 0.230. The largest absolute Gasteiger partial charge is 0.416 e. The number of rotatable bonds is 6. The average molecular weight is 442 g/mol. The molecule has 166 valence electrons. The second-order valence-corrected chi connectivity index (χ2v) is 8.01. The number of carbonyl (C=O) groups is 1. The molecule has 1 atom stereocenters. The topological polar surface area (TPSA) is 110 Å². The van der Waals surface area contributed by atoms with Gasteiger partial charge in [-0.2, -0.15) is 13.2 Å². The SMILES string of the molecule is CC(C)C[C@@H](Nc1ncc2cncc(-c3c[nH]c4cc(C(F)(F)F)ccc34)c2n1)C(N)=O. The number of nitrogens with zero attached hydrogens (tertiary/aromatic N) is 3. The second kappa shape index (κ2) is 8.10. The summed E-state index contributed by atoms with van der Waals surface area (Å²) >= 11 is 0. The lowest BCUT2D eigenvalue weighted by Gasteiger charge is -2.17. The lowest BCUT2D eigenvalue weighted by atomic mass is 10.0. The molecule has 1 amide bonds. The normalized spacial score (nSPS) is 13.1. The van der Waals surface area contributed by atoms with Gasteiger partial charge in [0.1, 0.15) is 6.04 Å². The van der Waals surface area contributed by atoms with Crippen molar-refractivity contribution in [1.82, 2.24) is 19.9 Å². The molecule has 0 radical (unpaired) electrons.